The lowest BCUT2D eigenvalue weighted by Crippen LogP contribution is -2.25. The zero-order valence-corrected chi connectivity index (χ0v) is 14.0. The second-order valence-electron chi connectivity index (χ2n) is 5.82. The number of carbonyl (C=O) groups is 1. The molecule has 0 spiro atoms. The number of nitrogens with zero attached hydrogens (tertiary/aromatic N) is 1. The Morgan fingerprint density at radius 2 is 1.74 bits per heavy atom. The SMILES string of the molecule is CP(C)c1ccccc1-c1ccc(N2CCCC2=O)c(F)c1F. The quantitative estimate of drug-likeness (QED) is 0.774. The summed E-state index contributed by atoms with van der Waals surface area (Å²) < 4.78 is 29.2. The standard InChI is InChI=1S/C18H18F2NOP/c1-23(2)15-7-4-3-6-12(15)13-9-10-14(18(20)17(13)19)21-11-5-8-16(21)22/h3-4,6-7,9-10H,5,8,11H2,1-2H3. The lowest BCUT2D eigenvalue weighted by atomic mass is 10.0. The summed E-state index contributed by atoms with van der Waals surface area (Å²) in [7, 11) is -0.439. The van der Waals surface area contributed by atoms with Crippen LogP contribution in [0.5, 0.6) is 0 Å². The Hall–Kier alpha value is -1.80. The Kier molecular flexibility index (Phi) is 4.45. The number of benzene rings is 2. The van der Waals surface area contributed by atoms with Gasteiger partial charge in [0.2, 0.25) is 5.91 Å². The number of hydrogen-bond acceptors (Lipinski definition) is 1. The van der Waals surface area contributed by atoms with Crippen molar-refractivity contribution in [1.82, 2.24) is 0 Å². The van der Waals surface area contributed by atoms with Gasteiger partial charge in [-0.2, -0.15) is 0 Å². The fourth-order valence-corrected chi connectivity index (χ4v) is 4.01. The molecule has 0 unspecified atom stereocenters. The van der Waals surface area contributed by atoms with Crippen LogP contribution in [0.3, 0.4) is 0 Å². The summed E-state index contributed by atoms with van der Waals surface area (Å²) >= 11 is 0. The minimum Gasteiger partial charge on any atom is -0.310 e. The van der Waals surface area contributed by atoms with Crippen molar-refractivity contribution in [3.8, 4) is 11.1 Å². The van der Waals surface area contributed by atoms with E-state index in [1.165, 1.54) is 11.0 Å². The number of anilines is 1. The van der Waals surface area contributed by atoms with E-state index in [0.29, 0.717) is 19.4 Å². The molecule has 0 N–H and O–H groups in total. The predicted molar refractivity (Wildman–Crippen MR) is 91.8 cm³/mol. The van der Waals surface area contributed by atoms with E-state index in [1.54, 1.807) is 6.07 Å². The number of rotatable bonds is 3. The predicted octanol–water partition coefficient (Wildman–Crippen LogP) is 4.13. The number of hydrogen-bond donors (Lipinski definition) is 0. The molecule has 5 heteroatoms. The van der Waals surface area contributed by atoms with Crippen LogP contribution in [0, 0.1) is 11.6 Å². The first kappa shape index (κ1) is 16.1. The van der Waals surface area contributed by atoms with E-state index in [2.05, 4.69) is 13.3 Å². The maximum atomic E-state index is 14.7. The third kappa shape index (κ3) is 2.88. The summed E-state index contributed by atoms with van der Waals surface area (Å²) in [5.41, 5.74) is 1.02. The van der Waals surface area contributed by atoms with E-state index in [4.69, 9.17) is 0 Å². The maximum absolute atomic E-state index is 14.7. The first-order chi connectivity index (χ1) is 11.0. The molecular weight excluding hydrogens is 315 g/mol. The highest BCUT2D eigenvalue weighted by Crippen LogP contribution is 2.35. The highest BCUT2D eigenvalue weighted by molar-refractivity contribution is 7.64. The Morgan fingerprint density at radius 1 is 1.00 bits per heavy atom. The van der Waals surface area contributed by atoms with Crippen LogP contribution in [-0.2, 0) is 4.79 Å². The van der Waals surface area contributed by atoms with Gasteiger partial charge in [-0.1, -0.05) is 32.2 Å². The topological polar surface area (TPSA) is 20.3 Å². The van der Waals surface area contributed by atoms with Crippen LogP contribution in [0.1, 0.15) is 12.8 Å². The van der Waals surface area contributed by atoms with Crippen LogP contribution in [0.25, 0.3) is 11.1 Å². The zero-order valence-electron chi connectivity index (χ0n) is 13.1. The molecule has 1 saturated heterocycles. The van der Waals surface area contributed by atoms with E-state index in [0.717, 1.165) is 10.9 Å². The van der Waals surface area contributed by atoms with Gasteiger partial charge in [0, 0.05) is 18.5 Å². The van der Waals surface area contributed by atoms with Gasteiger partial charge in [0.05, 0.1) is 5.69 Å². The fourth-order valence-electron chi connectivity index (χ4n) is 2.95. The van der Waals surface area contributed by atoms with Gasteiger partial charge in [-0.15, -0.1) is 0 Å². The van der Waals surface area contributed by atoms with Crippen molar-refractivity contribution >= 4 is 24.8 Å². The van der Waals surface area contributed by atoms with E-state index in [-0.39, 0.29) is 17.2 Å². The summed E-state index contributed by atoms with van der Waals surface area (Å²) in [5.74, 6) is -1.97. The molecule has 1 fully saturated rings. The van der Waals surface area contributed by atoms with Crippen LogP contribution < -0.4 is 10.2 Å². The van der Waals surface area contributed by atoms with Crippen LogP contribution >= 0.6 is 7.92 Å². The molecule has 0 atom stereocenters. The van der Waals surface area contributed by atoms with Crippen molar-refractivity contribution in [2.24, 2.45) is 0 Å². The number of halogens is 2. The Morgan fingerprint density at radius 3 is 2.39 bits per heavy atom. The van der Waals surface area contributed by atoms with Gasteiger partial charge >= 0.3 is 0 Å². The third-order valence-corrected chi connectivity index (χ3v) is 5.46. The first-order valence-electron chi connectivity index (χ1n) is 7.56. The van der Waals surface area contributed by atoms with Crippen molar-refractivity contribution < 1.29 is 13.6 Å². The Bertz CT molecular complexity index is 761. The van der Waals surface area contributed by atoms with Crippen molar-refractivity contribution in [3.63, 3.8) is 0 Å². The van der Waals surface area contributed by atoms with Gasteiger partial charge in [0.25, 0.3) is 0 Å². The average molecular weight is 333 g/mol. The smallest absolute Gasteiger partial charge is 0.227 e. The molecule has 1 amide bonds. The molecule has 1 aliphatic heterocycles. The molecule has 0 saturated carbocycles. The lowest BCUT2D eigenvalue weighted by Gasteiger charge is -2.19. The number of amides is 1. The van der Waals surface area contributed by atoms with Crippen molar-refractivity contribution in [2.75, 3.05) is 24.8 Å². The van der Waals surface area contributed by atoms with E-state index in [9.17, 15) is 13.6 Å². The molecule has 2 nitrogen and oxygen atoms in total. The largest absolute Gasteiger partial charge is 0.310 e. The molecule has 3 rings (SSSR count). The molecule has 1 aliphatic rings. The van der Waals surface area contributed by atoms with E-state index in [1.807, 2.05) is 24.3 Å². The summed E-state index contributed by atoms with van der Waals surface area (Å²) in [6, 6.07) is 10.6. The minimum atomic E-state index is -0.941. The fraction of sp³-hybridized carbons (Fsp3) is 0.278. The zero-order chi connectivity index (χ0) is 16.6. The van der Waals surface area contributed by atoms with E-state index >= 15 is 0 Å². The van der Waals surface area contributed by atoms with E-state index < -0.39 is 19.6 Å². The molecule has 0 bridgehead atoms. The molecule has 120 valence electrons. The summed E-state index contributed by atoms with van der Waals surface area (Å²) in [6.07, 6.45) is 1.07. The second kappa shape index (κ2) is 6.37. The van der Waals surface area contributed by atoms with Crippen molar-refractivity contribution in [3.05, 3.63) is 48.0 Å². The third-order valence-electron chi connectivity index (χ3n) is 4.10. The van der Waals surface area contributed by atoms with Gasteiger partial charge in [-0.05, 0) is 42.8 Å². The van der Waals surface area contributed by atoms with Gasteiger partial charge in [-0.3, -0.25) is 4.79 Å². The van der Waals surface area contributed by atoms with Gasteiger partial charge < -0.3 is 4.90 Å². The average Bonchev–Trinajstić information content (AvgIpc) is 2.96. The minimum absolute atomic E-state index is 0.0430. The summed E-state index contributed by atoms with van der Waals surface area (Å²) in [4.78, 5) is 13.1. The lowest BCUT2D eigenvalue weighted by molar-refractivity contribution is -0.117. The molecule has 23 heavy (non-hydrogen) atoms. The molecular formula is C18H18F2NOP. The summed E-state index contributed by atoms with van der Waals surface area (Å²) in [5, 5.41) is 1.03. The van der Waals surface area contributed by atoms with Gasteiger partial charge in [0.15, 0.2) is 11.6 Å². The second-order valence-corrected chi connectivity index (χ2v) is 8.09. The molecule has 0 aliphatic carbocycles. The molecule has 0 aromatic heterocycles. The van der Waals surface area contributed by atoms with Crippen LogP contribution in [0.4, 0.5) is 14.5 Å². The number of carbonyl (C=O) groups excluding carboxylic acids is 1. The molecule has 1 heterocycles. The van der Waals surface area contributed by atoms with Crippen LogP contribution in [0.2, 0.25) is 0 Å². The Balaban J connectivity index is 2.10. The van der Waals surface area contributed by atoms with Gasteiger partial charge in [-0.25, -0.2) is 8.78 Å². The molecule has 2 aromatic rings. The highest BCUT2D eigenvalue weighted by atomic mass is 31.1. The first-order valence-corrected chi connectivity index (χ1v) is 9.79. The highest BCUT2D eigenvalue weighted by Gasteiger charge is 2.27. The maximum Gasteiger partial charge on any atom is 0.227 e. The normalized spacial score (nSPS) is 14.8. The van der Waals surface area contributed by atoms with Gasteiger partial charge in [0.1, 0.15) is 0 Å². The Labute approximate surface area is 135 Å². The van der Waals surface area contributed by atoms with Crippen molar-refractivity contribution in [1.29, 1.82) is 0 Å². The molecule has 0 radical (unpaired) electrons. The van der Waals surface area contributed by atoms with Crippen LogP contribution in [0.15, 0.2) is 36.4 Å². The van der Waals surface area contributed by atoms with Crippen LogP contribution in [-0.4, -0.2) is 25.8 Å². The van der Waals surface area contributed by atoms with Crippen molar-refractivity contribution in [2.45, 2.75) is 12.8 Å². The monoisotopic (exact) mass is 333 g/mol. The molecule has 2 aromatic carbocycles. The summed E-state index contributed by atoms with van der Waals surface area (Å²) in [6.45, 7) is 4.61.